The van der Waals surface area contributed by atoms with Crippen molar-refractivity contribution in [1.29, 1.82) is 0 Å². The number of carbonyl (C=O) groups is 1. The van der Waals surface area contributed by atoms with E-state index in [0.29, 0.717) is 12.6 Å². The SMILES string of the molecule is O=C(NC1CCOCC1)N1CCOC2CCCCC21. The van der Waals surface area contributed by atoms with Crippen molar-refractivity contribution in [2.45, 2.75) is 56.7 Å². The van der Waals surface area contributed by atoms with Gasteiger partial charge in [0.15, 0.2) is 0 Å². The van der Waals surface area contributed by atoms with Gasteiger partial charge in [0.1, 0.15) is 0 Å². The Morgan fingerprint density at radius 3 is 2.68 bits per heavy atom. The minimum Gasteiger partial charge on any atom is -0.381 e. The maximum Gasteiger partial charge on any atom is 0.318 e. The van der Waals surface area contributed by atoms with Crippen LogP contribution in [0.4, 0.5) is 4.79 Å². The molecule has 0 aromatic rings. The van der Waals surface area contributed by atoms with E-state index in [-0.39, 0.29) is 18.2 Å². The summed E-state index contributed by atoms with van der Waals surface area (Å²) in [5.74, 6) is 0. The summed E-state index contributed by atoms with van der Waals surface area (Å²) in [6.45, 7) is 2.94. The van der Waals surface area contributed by atoms with Gasteiger partial charge in [0.05, 0.1) is 18.8 Å². The molecule has 2 unspecified atom stereocenters. The lowest BCUT2D eigenvalue weighted by molar-refractivity contribution is -0.0718. The zero-order valence-electron chi connectivity index (χ0n) is 11.5. The molecule has 3 aliphatic rings. The Balaban J connectivity index is 1.58. The number of rotatable bonds is 1. The second kappa shape index (κ2) is 6.09. The quantitative estimate of drug-likeness (QED) is 0.784. The molecular weight excluding hydrogens is 244 g/mol. The molecule has 19 heavy (non-hydrogen) atoms. The van der Waals surface area contributed by atoms with Gasteiger partial charge in [-0.15, -0.1) is 0 Å². The highest BCUT2D eigenvalue weighted by molar-refractivity contribution is 5.75. The van der Waals surface area contributed by atoms with Gasteiger partial charge in [-0.05, 0) is 25.7 Å². The van der Waals surface area contributed by atoms with Crippen LogP contribution < -0.4 is 5.32 Å². The number of nitrogens with zero attached hydrogens (tertiary/aromatic N) is 1. The van der Waals surface area contributed by atoms with E-state index in [1.807, 2.05) is 4.90 Å². The Labute approximate surface area is 114 Å². The molecule has 1 aliphatic carbocycles. The lowest BCUT2D eigenvalue weighted by atomic mass is 9.90. The zero-order chi connectivity index (χ0) is 13.1. The molecule has 3 rings (SSSR count). The molecule has 0 radical (unpaired) electrons. The number of fused-ring (bicyclic) bond motifs is 1. The van der Waals surface area contributed by atoms with Crippen molar-refractivity contribution >= 4 is 6.03 Å². The molecule has 2 heterocycles. The monoisotopic (exact) mass is 268 g/mol. The Morgan fingerprint density at radius 2 is 1.84 bits per heavy atom. The third kappa shape index (κ3) is 3.03. The summed E-state index contributed by atoms with van der Waals surface area (Å²) in [5, 5.41) is 3.17. The van der Waals surface area contributed by atoms with Crippen molar-refractivity contribution in [1.82, 2.24) is 10.2 Å². The molecule has 3 fully saturated rings. The van der Waals surface area contributed by atoms with Crippen LogP contribution in [0.5, 0.6) is 0 Å². The first-order valence-electron chi connectivity index (χ1n) is 7.61. The van der Waals surface area contributed by atoms with Gasteiger partial charge in [0, 0.05) is 25.8 Å². The smallest absolute Gasteiger partial charge is 0.318 e. The van der Waals surface area contributed by atoms with Gasteiger partial charge in [-0.25, -0.2) is 4.79 Å². The topological polar surface area (TPSA) is 50.8 Å². The predicted molar refractivity (Wildman–Crippen MR) is 71.1 cm³/mol. The van der Waals surface area contributed by atoms with Gasteiger partial charge in [-0.1, -0.05) is 12.8 Å². The van der Waals surface area contributed by atoms with Crippen LogP contribution in [0.2, 0.25) is 0 Å². The summed E-state index contributed by atoms with van der Waals surface area (Å²) >= 11 is 0. The van der Waals surface area contributed by atoms with Crippen molar-refractivity contribution < 1.29 is 14.3 Å². The molecular formula is C14H24N2O3. The van der Waals surface area contributed by atoms with E-state index in [0.717, 1.165) is 45.4 Å². The number of amides is 2. The Bertz CT molecular complexity index is 316. The van der Waals surface area contributed by atoms with E-state index in [1.54, 1.807) is 0 Å². The number of ether oxygens (including phenoxy) is 2. The first-order valence-corrected chi connectivity index (χ1v) is 7.61. The van der Waals surface area contributed by atoms with Gasteiger partial charge < -0.3 is 19.7 Å². The van der Waals surface area contributed by atoms with Crippen LogP contribution in [0.1, 0.15) is 38.5 Å². The Hall–Kier alpha value is -0.810. The molecule has 2 atom stereocenters. The van der Waals surface area contributed by atoms with Gasteiger partial charge >= 0.3 is 6.03 Å². The van der Waals surface area contributed by atoms with Crippen LogP contribution in [0.3, 0.4) is 0 Å². The van der Waals surface area contributed by atoms with E-state index in [4.69, 9.17) is 9.47 Å². The first-order chi connectivity index (χ1) is 9.34. The lowest BCUT2D eigenvalue weighted by Gasteiger charge is -2.44. The second-order valence-corrected chi connectivity index (χ2v) is 5.79. The molecule has 2 saturated heterocycles. The molecule has 0 aromatic heterocycles. The fraction of sp³-hybridized carbons (Fsp3) is 0.929. The van der Waals surface area contributed by atoms with Crippen LogP contribution in [-0.2, 0) is 9.47 Å². The summed E-state index contributed by atoms with van der Waals surface area (Å²) in [6, 6.07) is 0.681. The number of morpholine rings is 1. The number of carbonyl (C=O) groups excluding carboxylic acids is 1. The third-order valence-electron chi connectivity index (χ3n) is 4.54. The molecule has 1 N–H and O–H groups in total. The summed E-state index contributed by atoms with van der Waals surface area (Å²) < 4.78 is 11.1. The molecule has 0 spiro atoms. The van der Waals surface area contributed by atoms with Crippen LogP contribution >= 0.6 is 0 Å². The standard InChI is InChI=1S/C14H24N2O3/c17-14(15-11-5-8-18-9-6-11)16-7-10-19-13-4-2-1-3-12(13)16/h11-13H,1-10H2,(H,15,17). The maximum absolute atomic E-state index is 12.4. The summed E-state index contributed by atoms with van der Waals surface area (Å²) in [7, 11) is 0. The van der Waals surface area contributed by atoms with Crippen LogP contribution in [0.25, 0.3) is 0 Å². The van der Waals surface area contributed by atoms with Gasteiger partial charge in [0.25, 0.3) is 0 Å². The van der Waals surface area contributed by atoms with Crippen molar-refractivity contribution in [3.63, 3.8) is 0 Å². The predicted octanol–water partition coefficient (Wildman–Crippen LogP) is 1.52. The molecule has 2 aliphatic heterocycles. The fourth-order valence-corrected chi connectivity index (χ4v) is 3.45. The minimum absolute atomic E-state index is 0.104. The fourth-order valence-electron chi connectivity index (χ4n) is 3.45. The molecule has 5 heteroatoms. The zero-order valence-corrected chi connectivity index (χ0v) is 11.5. The number of nitrogens with one attached hydrogen (secondary N) is 1. The van der Waals surface area contributed by atoms with Crippen LogP contribution in [-0.4, -0.2) is 55.5 Å². The lowest BCUT2D eigenvalue weighted by Crippen LogP contribution is -2.58. The molecule has 108 valence electrons. The van der Waals surface area contributed by atoms with Crippen LogP contribution in [0, 0.1) is 0 Å². The minimum atomic E-state index is 0.104. The molecule has 2 amide bonds. The van der Waals surface area contributed by atoms with Gasteiger partial charge in [-0.2, -0.15) is 0 Å². The second-order valence-electron chi connectivity index (χ2n) is 5.79. The molecule has 1 saturated carbocycles. The number of urea groups is 1. The average molecular weight is 268 g/mol. The Kier molecular flexibility index (Phi) is 4.23. The largest absolute Gasteiger partial charge is 0.381 e. The van der Waals surface area contributed by atoms with Crippen LogP contribution in [0.15, 0.2) is 0 Å². The summed E-state index contributed by atoms with van der Waals surface area (Å²) in [4.78, 5) is 14.5. The normalized spacial score (nSPS) is 32.7. The molecule has 0 aromatic carbocycles. The van der Waals surface area contributed by atoms with E-state index in [2.05, 4.69) is 5.32 Å². The highest BCUT2D eigenvalue weighted by Gasteiger charge is 2.37. The average Bonchev–Trinajstić information content (AvgIpc) is 2.47. The van der Waals surface area contributed by atoms with E-state index in [9.17, 15) is 4.79 Å². The summed E-state index contributed by atoms with van der Waals surface area (Å²) in [5.41, 5.74) is 0. The van der Waals surface area contributed by atoms with Gasteiger partial charge in [-0.3, -0.25) is 0 Å². The van der Waals surface area contributed by atoms with Crippen molar-refractivity contribution in [2.24, 2.45) is 0 Å². The Morgan fingerprint density at radius 1 is 1.05 bits per heavy atom. The first kappa shape index (κ1) is 13.2. The highest BCUT2D eigenvalue weighted by Crippen LogP contribution is 2.28. The van der Waals surface area contributed by atoms with E-state index < -0.39 is 0 Å². The molecule has 5 nitrogen and oxygen atoms in total. The van der Waals surface area contributed by atoms with Gasteiger partial charge in [0.2, 0.25) is 0 Å². The number of hydrogen-bond donors (Lipinski definition) is 1. The molecule has 0 bridgehead atoms. The number of hydrogen-bond acceptors (Lipinski definition) is 3. The highest BCUT2D eigenvalue weighted by atomic mass is 16.5. The van der Waals surface area contributed by atoms with E-state index >= 15 is 0 Å². The summed E-state index contributed by atoms with van der Waals surface area (Å²) in [6.07, 6.45) is 6.77. The van der Waals surface area contributed by atoms with Crippen molar-refractivity contribution in [3.05, 3.63) is 0 Å². The van der Waals surface area contributed by atoms with Crippen molar-refractivity contribution in [3.8, 4) is 0 Å². The third-order valence-corrected chi connectivity index (χ3v) is 4.54. The van der Waals surface area contributed by atoms with Crippen molar-refractivity contribution in [2.75, 3.05) is 26.4 Å². The maximum atomic E-state index is 12.4. The van der Waals surface area contributed by atoms with E-state index in [1.165, 1.54) is 12.8 Å².